The van der Waals surface area contributed by atoms with E-state index in [9.17, 15) is 22.6 Å². The van der Waals surface area contributed by atoms with Gasteiger partial charge in [0, 0.05) is 35.0 Å². The van der Waals surface area contributed by atoms with E-state index in [-0.39, 0.29) is 24.3 Å². The number of nitrogens with zero attached hydrogens (tertiary/aromatic N) is 2. The first-order valence-corrected chi connectivity index (χ1v) is 15.5. The van der Waals surface area contributed by atoms with Gasteiger partial charge in [-0.3, -0.25) is 9.80 Å². The Balaban J connectivity index is 1.36. The van der Waals surface area contributed by atoms with E-state index in [1.54, 1.807) is 18.2 Å². The van der Waals surface area contributed by atoms with Gasteiger partial charge in [0.05, 0.1) is 17.9 Å². The number of rotatable bonds is 8. The molecule has 0 bridgehead atoms. The second kappa shape index (κ2) is 10.6. The molecule has 1 aromatic heterocycles. The third-order valence-corrected chi connectivity index (χ3v) is 9.17. The number of hydrogen-bond acceptors (Lipinski definition) is 6. The number of hydrazine groups is 1. The summed E-state index contributed by atoms with van der Waals surface area (Å²) in [6.45, 7) is -0.112. The van der Waals surface area contributed by atoms with Crippen molar-refractivity contribution in [2.45, 2.75) is 31.3 Å². The molecule has 212 valence electrons. The maximum Gasteiger partial charge on any atom is 0.493 e. The van der Waals surface area contributed by atoms with Crippen molar-refractivity contribution in [1.82, 2.24) is 9.42 Å². The van der Waals surface area contributed by atoms with Crippen molar-refractivity contribution in [2.75, 3.05) is 19.8 Å². The number of amides is 1. The molecule has 4 aromatic rings. The van der Waals surface area contributed by atoms with Gasteiger partial charge in [0.2, 0.25) is 10.0 Å². The van der Waals surface area contributed by atoms with Crippen LogP contribution in [-0.2, 0) is 14.7 Å². The summed E-state index contributed by atoms with van der Waals surface area (Å²) >= 11 is 6.24. The first kappa shape index (κ1) is 27.9. The lowest BCUT2D eigenvalue weighted by atomic mass is 9.79. The van der Waals surface area contributed by atoms with E-state index in [0.29, 0.717) is 38.5 Å². The van der Waals surface area contributed by atoms with Gasteiger partial charge in [-0.25, -0.2) is 12.8 Å². The Bertz CT molecular complexity index is 1760. The van der Waals surface area contributed by atoms with E-state index < -0.39 is 35.0 Å². The lowest BCUT2D eigenvalue weighted by Gasteiger charge is -2.30. The summed E-state index contributed by atoms with van der Waals surface area (Å²) in [7, 11) is -3.77. The minimum atomic E-state index is -3.92. The summed E-state index contributed by atoms with van der Waals surface area (Å²) in [5.74, 6) is -0.396. The molecule has 2 heterocycles. The normalized spacial score (nSPS) is 16.9. The minimum Gasteiger partial charge on any atom is -0.455 e. The van der Waals surface area contributed by atoms with Crippen molar-refractivity contribution in [2.24, 2.45) is 0 Å². The second-order valence-corrected chi connectivity index (χ2v) is 12.8. The average molecular weight is 597 g/mol. The number of furan rings is 1. The molecule has 0 saturated heterocycles. The standard InChI is InChI=1S/C29H27BClFN2O6S/c1-33(34(41(2,37)38)15-14-25-21-4-3-5-23(31)27(21)30(36)40-25)29(35)26-22-16-19(17-6-7-17)10-13-24(22)39-28(26)18-8-11-20(32)12-9-18/h3-5,8-13,16-17,25,36H,6-7,14-15H2,1-2H3. The summed E-state index contributed by atoms with van der Waals surface area (Å²) < 4.78 is 52.5. The fourth-order valence-corrected chi connectivity index (χ4v) is 6.68. The van der Waals surface area contributed by atoms with Gasteiger partial charge in [-0.2, -0.15) is 0 Å². The topological polar surface area (TPSA) is 100 Å². The molecule has 1 aliphatic heterocycles. The summed E-state index contributed by atoms with van der Waals surface area (Å²) in [4.78, 5) is 14.2. The van der Waals surface area contributed by atoms with Crippen molar-refractivity contribution in [3.63, 3.8) is 0 Å². The molecule has 1 saturated carbocycles. The number of benzene rings is 3. The Morgan fingerprint density at radius 1 is 1.15 bits per heavy atom. The summed E-state index contributed by atoms with van der Waals surface area (Å²) in [5.41, 5.74) is 3.34. The molecular weight excluding hydrogens is 570 g/mol. The predicted molar refractivity (Wildman–Crippen MR) is 155 cm³/mol. The molecule has 1 aliphatic carbocycles. The Kier molecular flexibility index (Phi) is 7.19. The first-order chi connectivity index (χ1) is 19.5. The maximum atomic E-state index is 14.2. The van der Waals surface area contributed by atoms with Crippen molar-refractivity contribution < 1.29 is 31.7 Å². The molecule has 1 atom stereocenters. The third-order valence-electron chi connectivity index (χ3n) is 7.65. The van der Waals surface area contributed by atoms with Crippen LogP contribution in [0.5, 0.6) is 0 Å². The molecule has 2 aliphatic rings. The van der Waals surface area contributed by atoms with Gasteiger partial charge in [0.15, 0.2) is 0 Å². The number of carbonyl (C=O) groups is 1. The van der Waals surface area contributed by atoms with Crippen LogP contribution in [0.3, 0.4) is 0 Å². The zero-order valence-corrected chi connectivity index (χ0v) is 24.0. The van der Waals surface area contributed by atoms with E-state index in [2.05, 4.69) is 0 Å². The van der Waals surface area contributed by atoms with Gasteiger partial charge in [-0.05, 0) is 78.8 Å². The highest BCUT2D eigenvalue weighted by atomic mass is 35.5. The lowest BCUT2D eigenvalue weighted by molar-refractivity contribution is 0.0424. The predicted octanol–water partition coefficient (Wildman–Crippen LogP) is 4.87. The number of carbonyl (C=O) groups excluding carboxylic acids is 1. The molecule has 1 N–H and O–H groups in total. The Labute approximate surface area is 242 Å². The number of sulfonamides is 1. The van der Waals surface area contributed by atoms with E-state index in [1.807, 2.05) is 18.2 Å². The fraction of sp³-hybridized carbons (Fsp3) is 0.276. The monoisotopic (exact) mass is 596 g/mol. The maximum absolute atomic E-state index is 14.2. The zero-order chi connectivity index (χ0) is 29.1. The van der Waals surface area contributed by atoms with Crippen LogP contribution in [0.1, 0.15) is 52.8 Å². The molecule has 6 rings (SSSR count). The summed E-state index contributed by atoms with van der Waals surface area (Å²) in [5, 5.41) is 12.3. The van der Waals surface area contributed by atoms with E-state index in [4.69, 9.17) is 20.7 Å². The number of fused-ring (bicyclic) bond motifs is 2. The second-order valence-electron chi connectivity index (χ2n) is 10.5. The SMILES string of the molecule is CN(C(=O)c1c(-c2ccc(F)cc2)oc2ccc(C3CC3)cc12)N(CCC1OB(O)c2c(Cl)cccc21)S(C)(=O)=O. The quantitative estimate of drug-likeness (QED) is 0.230. The van der Waals surface area contributed by atoms with Crippen LogP contribution in [0.15, 0.2) is 65.1 Å². The van der Waals surface area contributed by atoms with Gasteiger partial charge in [-0.1, -0.05) is 29.8 Å². The molecule has 12 heteroatoms. The largest absolute Gasteiger partial charge is 0.493 e. The van der Waals surface area contributed by atoms with Crippen LogP contribution in [-0.4, -0.2) is 55.7 Å². The van der Waals surface area contributed by atoms with E-state index in [0.717, 1.165) is 34.1 Å². The first-order valence-electron chi connectivity index (χ1n) is 13.2. The van der Waals surface area contributed by atoms with Crippen LogP contribution in [0.2, 0.25) is 5.02 Å². The van der Waals surface area contributed by atoms with Gasteiger partial charge < -0.3 is 14.1 Å². The fourth-order valence-electron chi connectivity index (χ4n) is 5.45. The van der Waals surface area contributed by atoms with Crippen LogP contribution in [0.25, 0.3) is 22.3 Å². The van der Waals surface area contributed by atoms with Crippen molar-refractivity contribution in [1.29, 1.82) is 0 Å². The molecule has 0 radical (unpaired) electrons. The number of hydrogen-bond donors (Lipinski definition) is 1. The highest BCUT2D eigenvalue weighted by molar-refractivity contribution is 7.88. The molecular formula is C29H27BClFN2O6S. The minimum absolute atomic E-state index is 0.112. The molecule has 41 heavy (non-hydrogen) atoms. The summed E-state index contributed by atoms with van der Waals surface area (Å²) in [6, 6.07) is 16.4. The Morgan fingerprint density at radius 3 is 2.56 bits per heavy atom. The number of halogens is 2. The molecule has 1 fully saturated rings. The molecule has 0 spiro atoms. The van der Waals surface area contributed by atoms with Gasteiger partial charge in [0.1, 0.15) is 17.2 Å². The molecule has 8 nitrogen and oxygen atoms in total. The third kappa shape index (κ3) is 5.28. The van der Waals surface area contributed by atoms with Gasteiger partial charge in [-0.15, -0.1) is 4.41 Å². The van der Waals surface area contributed by atoms with Crippen molar-refractivity contribution in [3.05, 3.63) is 88.2 Å². The highest BCUT2D eigenvalue weighted by Gasteiger charge is 2.38. The molecule has 1 unspecified atom stereocenters. The summed E-state index contributed by atoms with van der Waals surface area (Å²) in [6.07, 6.45) is 2.66. The van der Waals surface area contributed by atoms with Gasteiger partial charge >= 0.3 is 7.12 Å². The van der Waals surface area contributed by atoms with Crippen molar-refractivity contribution in [3.8, 4) is 11.3 Å². The molecule has 3 aromatic carbocycles. The van der Waals surface area contributed by atoms with Crippen LogP contribution >= 0.6 is 11.6 Å². The van der Waals surface area contributed by atoms with Gasteiger partial charge in [0.25, 0.3) is 5.91 Å². The Hall–Kier alpha value is -3.22. The zero-order valence-electron chi connectivity index (χ0n) is 22.4. The van der Waals surface area contributed by atoms with Crippen molar-refractivity contribution >= 4 is 51.1 Å². The van der Waals surface area contributed by atoms with E-state index in [1.165, 1.54) is 31.3 Å². The highest BCUT2D eigenvalue weighted by Crippen LogP contribution is 2.43. The van der Waals surface area contributed by atoms with Crippen LogP contribution < -0.4 is 5.46 Å². The average Bonchev–Trinajstić information content (AvgIpc) is 3.64. The van der Waals surface area contributed by atoms with E-state index >= 15 is 0 Å². The molecule has 1 amide bonds. The Morgan fingerprint density at radius 2 is 1.88 bits per heavy atom. The smallest absolute Gasteiger partial charge is 0.455 e. The van der Waals surface area contributed by atoms with Crippen LogP contribution in [0.4, 0.5) is 4.39 Å². The lowest BCUT2D eigenvalue weighted by Crippen LogP contribution is -2.47. The van der Waals surface area contributed by atoms with Crippen LogP contribution in [0, 0.1) is 5.82 Å².